The Morgan fingerprint density at radius 2 is 1.76 bits per heavy atom. The second-order valence-corrected chi connectivity index (χ2v) is 4.75. The van der Waals surface area contributed by atoms with Crippen molar-refractivity contribution in [3.63, 3.8) is 0 Å². The van der Waals surface area contributed by atoms with Crippen LogP contribution in [0.15, 0.2) is 12.1 Å². The summed E-state index contributed by atoms with van der Waals surface area (Å²) >= 11 is 0. The molecule has 0 spiro atoms. The van der Waals surface area contributed by atoms with E-state index in [-0.39, 0.29) is 12.5 Å². The molecule has 6 heteroatoms. The number of hydrogen-bond acceptors (Lipinski definition) is 5. The van der Waals surface area contributed by atoms with E-state index >= 15 is 0 Å². The van der Waals surface area contributed by atoms with Gasteiger partial charge in [-0.25, -0.2) is 0 Å². The molecule has 0 saturated heterocycles. The number of hydrogen-bond donors (Lipinski definition) is 1. The van der Waals surface area contributed by atoms with Gasteiger partial charge in [-0.1, -0.05) is 0 Å². The molecule has 1 amide bonds. The smallest absolute Gasteiger partial charge is 0.225 e. The average Bonchev–Trinajstić information content (AvgIpc) is 2.47. The van der Waals surface area contributed by atoms with Gasteiger partial charge in [0, 0.05) is 20.6 Å². The molecule has 0 fully saturated rings. The van der Waals surface area contributed by atoms with E-state index < -0.39 is 0 Å². The monoisotopic (exact) mass is 296 g/mol. The summed E-state index contributed by atoms with van der Waals surface area (Å²) in [5, 5.41) is 3.07. The predicted molar refractivity (Wildman–Crippen MR) is 81.1 cm³/mol. The third-order valence-electron chi connectivity index (χ3n) is 2.96. The maximum atomic E-state index is 11.6. The number of rotatable bonds is 8. The molecule has 0 aliphatic heterocycles. The van der Waals surface area contributed by atoms with E-state index in [1.165, 1.54) is 4.90 Å². The number of ether oxygens (including phenoxy) is 3. The van der Waals surface area contributed by atoms with Crippen molar-refractivity contribution in [2.75, 3.05) is 42.0 Å². The molecule has 118 valence electrons. The van der Waals surface area contributed by atoms with Crippen LogP contribution in [0.3, 0.4) is 0 Å². The quantitative estimate of drug-likeness (QED) is 0.783. The minimum atomic E-state index is 0.0136. The minimum absolute atomic E-state index is 0.0136. The highest BCUT2D eigenvalue weighted by molar-refractivity contribution is 5.75. The standard InChI is InChI=1S/C15H24N2O4/c1-16-10-11-8-12(19-4)15(13(9-11)20-5)21-7-6-14(18)17(2)3/h8-9,16H,6-7,10H2,1-5H3. The fourth-order valence-corrected chi connectivity index (χ4v) is 1.85. The Morgan fingerprint density at radius 3 is 2.19 bits per heavy atom. The molecule has 1 rings (SSSR count). The maximum Gasteiger partial charge on any atom is 0.225 e. The Bertz CT molecular complexity index is 450. The van der Waals surface area contributed by atoms with Crippen molar-refractivity contribution < 1.29 is 19.0 Å². The van der Waals surface area contributed by atoms with E-state index in [4.69, 9.17) is 14.2 Å². The zero-order valence-electron chi connectivity index (χ0n) is 13.4. The SMILES string of the molecule is CNCc1cc(OC)c(OCCC(=O)N(C)C)c(OC)c1. The predicted octanol–water partition coefficient (Wildman–Crippen LogP) is 1.28. The van der Waals surface area contributed by atoms with Gasteiger partial charge in [-0.2, -0.15) is 0 Å². The van der Waals surface area contributed by atoms with Crippen molar-refractivity contribution in [3.8, 4) is 17.2 Å². The van der Waals surface area contributed by atoms with Gasteiger partial charge < -0.3 is 24.4 Å². The van der Waals surface area contributed by atoms with Crippen LogP contribution >= 0.6 is 0 Å². The lowest BCUT2D eigenvalue weighted by Crippen LogP contribution is -2.23. The molecule has 0 aromatic heterocycles. The van der Waals surface area contributed by atoms with Gasteiger partial charge in [0.05, 0.1) is 27.2 Å². The van der Waals surface area contributed by atoms with Crippen LogP contribution in [-0.4, -0.2) is 52.8 Å². The summed E-state index contributed by atoms with van der Waals surface area (Å²) in [4.78, 5) is 13.1. The number of benzene rings is 1. The zero-order valence-corrected chi connectivity index (χ0v) is 13.4. The van der Waals surface area contributed by atoms with E-state index in [2.05, 4.69) is 5.32 Å². The molecular formula is C15H24N2O4. The average molecular weight is 296 g/mol. The molecule has 0 radical (unpaired) electrons. The fourth-order valence-electron chi connectivity index (χ4n) is 1.85. The van der Waals surface area contributed by atoms with E-state index in [1.54, 1.807) is 28.3 Å². The van der Waals surface area contributed by atoms with Crippen LogP contribution in [0.2, 0.25) is 0 Å². The lowest BCUT2D eigenvalue weighted by atomic mass is 10.2. The Balaban J connectivity index is 2.86. The van der Waals surface area contributed by atoms with Gasteiger partial charge in [-0.05, 0) is 24.7 Å². The largest absolute Gasteiger partial charge is 0.493 e. The van der Waals surface area contributed by atoms with E-state index in [1.807, 2.05) is 19.2 Å². The van der Waals surface area contributed by atoms with Crippen LogP contribution in [0, 0.1) is 0 Å². The minimum Gasteiger partial charge on any atom is -0.493 e. The van der Waals surface area contributed by atoms with Gasteiger partial charge in [-0.15, -0.1) is 0 Å². The highest BCUT2D eigenvalue weighted by Crippen LogP contribution is 2.38. The van der Waals surface area contributed by atoms with E-state index in [9.17, 15) is 4.79 Å². The highest BCUT2D eigenvalue weighted by atomic mass is 16.5. The van der Waals surface area contributed by atoms with Crippen molar-refractivity contribution in [1.29, 1.82) is 0 Å². The molecule has 0 heterocycles. The lowest BCUT2D eigenvalue weighted by Gasteiger charge is -2.16. The molecule has 6 nitrogen and oxygen atoms in total. The Morgan fingerprint density at radius 1 is 1.19 bits per heavy atom. The van der Waals surface area contributed by atoms with E-state index in [0.717, 1.165) is 5.56 Å². The van der Waals surface area contributed by atoms with Crippen LogP contribution in [0.25, 0.3) is 0 Å². The Kier molecular flexibility index (Phi) is 6.81. The van der Waals surface area contributed by atoms with Crippen molar-refractivity contribution >= 4 is 5.91 Å². The maximum absolute atomic E-state index is 11.6. The Labute approximate surface area is 126 Å². The van der Waals surface area contributed by atoms with Gasteiger partial charge in [0.2, 0.25) is 11.7 Å². The fraction of sp³-hybridized carbons (Fsp3) is 0.533. The summed E-state index contributed by atoms with van der Waals surface area (Å²) in [6.07, 6.45) is 0.303. The van der Waals surface area contributed by atoms with Crippen LogP contribution in [0.4, 0.5) is 0 Å². The number of amides is 1. The molecular weight excluding hydrogens is 272 g/mol. The summed E-state index contributed by atoms with van der Waals surface area (Å²) < 4.78 is 16.4. The third-order valence-corrected chi connectivity index (χ3v) is 2.96. The summed E-state index contributed by atoms with van der Waals surface area (Å²) in [6.45, 7) is 0.973. The molecule has 0 atom stereocenters. The Hall–Kier alpha value is -1.95. The van der Waals surface area contributed by atoms with Gasteiger partial charge >= 0.3 is 0 Å². The summed E-state index contributed by atoms with van der Waals surface area (Å²) in [7, 11) is 8.47. The molecule has 0 aliphatic carbocycles. The first-order chi connectivity index (χ1) is 10.0. The normalized spacial score (nSPS) is 10.1. The van der Waals surface area contributed by atoms with Crippen molar-refractivity contribution in [3.05, 3.63) is 17.7 Å². The first-order valence-electron chi connectivity index (χ1n) is 6.76. The lowest BCUT2D eigenvalue weighted by molar-refractivity contribution is -0.129. The van der Waals surface area contributed by atoms with Gasteiger partial charge in [-0.3, -0.25) is 4.79 Å². The van der Waals surface area contributed by atoms with Crippen molar-refractivity contribution in [1.82, 2.24) is 10.2 Å². The second-order valence-electron chi connectivity index (χ2n) is 4.75. The van der Waals surface area contributed by atoms with Crippen molar-refractivity contribution in [2.24, 2.45) is 0 Å². The van der Waals surface area contributed by atoms with Gasteiger partial charge in [0.25, 0.3) is 0 Å². The zero-order chi connectivity index (χ0) is 15.8. The molecule has 0 unspecified atom stereocenters. The number of carbonyl (C=O) groups excluding carboxylic acids is 1. The second kappa shape index (κ2) is 8.36. The molecule has 1 aromatic rings. The summed E-state index contributed by atoms with van der Waals surface area (Å²) in [6, 6.07) is 3.78. The topological polar surface area (TPSA) is 60.0 Å². The molecule has 21 heavy (non-hydrogen) atoms. The molecule has 0 bridgehead atoms. The number of nitrogens with zero attached hydrogens (tertiary/aromatic N) is 1. The summed E-state index contributed by atoms with van der Waals surface area (Å²) in [5.41, 5.74) is 1.03. The van der Waals surface area contributed by atoms with Crippen LogP contribution in [-0.2, 0) is 11.3 Å². The third kappa shape index (κ3) is 4.82. The molecule has 0 aliphatic rings. The van der Waals surface area contributed by atoms with Crippen LogP contribution in [0.1, 0.15) is 12.0 Å². The van der Waals surface area contributed by atoms with Crippen LogP contribution < -0.4 is 19.5 Å². The highest BCUT2D eigenvalue weighted by Gasteiger charge is 2.15. The molecule has 1 N–H and O–H groups in total. The van der Waals surface area contributed by atoms with Gasteiger partial charge in [0.1, 0.15) is 0 Å². The number of methoxy groups -OCH3 is 2. The van der Waals surface area contributed by atoms with Crippen molar-refractivity contribution in [2.45, 2.75) is 13.0 Å². The summed E-state index contributed by atoms with van der Waals surface area (Å²) in [5.74, 6) is 1.72. The van der Waals surface area contributed by atoms with Crippen LogP contribution in [0.5, 0.6) is 17.2 Å². The van der Waals surface area contributed by atoms with E-state index in [0.29, 0.717) is 30.2 Å². The first kappa shape index (κ1) is 17.1. The van der Waals surface area contributed by atoms with Gasteiger partial charge in [0.15, 0.2) is 11.5 Å². The number of nitrogens with one attached hydrogen (secondary N) is 1. The number of carbonyl (C=O) groups is 1. The first-order valence-corrected chi connectivity index (χ1v) is 6.76. The molecule has 1 aromatic carbocycles. The molecule has 0 saturated carbocycles.